The quantitative estimate of drug-likeness (QED) is 0.560. The SMILES string of the molecule is CCCc1c(Cl)c2c(OC)c3c(c(O)c2c(=O)n1C)-c1c(O)cc(O)c(OC)c1CC3. The van der Waals surface area contributed by atoms with Crippen molar-refractivity contribution in [3.8, 4) is 39.9 Å². The van der Waals surface area contributed by atoms with Gasteiger partial charge in [0.1, 0.15) is 17.2 Å². The van der Waals surface area contributed by atoms with Crippen molar-refractivity contribution in [3.05, 3.63) is 38.3 Å². The Hall–Kier alpha value is -3.06. The lowest BCUT2D eigenvalue weighted by Crippen LogP contribution is -2.22. The van der Waals surface area contributed by atoms with E-state index in [4.69, 9.17) is 21.1 Å². The van der Waals surface area contributed by atoms with Crippen LogP contribution in [0.5, 0.6) is 28.7 Å². The van der Waals surface area contributed by atoms with Crippen molar-refractivity contribution in [3.63, 3.8) is 0 Å². The Morgan fingerprint density at radius 1 is 1.00 bits per heavy atom. The molecule has 3 aromatic rings. The molecule has 1 aliphatic rings. The van der Waals surface area contributed by atoms with Gasteiger partial charge in [0.05, 0.1) is 30.0 Å². The van der Waals surface area contributed by atoms with Gasteiger partial charge in [-0.3, -0.25) is 4.79 Å². The third-order valence-electron chi connectivity index (χ3n) is 6.03. The number of phenolic OH excluding ortho intramolecular Hbond substituents is 3. The van der Waals surface area contributed by atoms with Crippen LogP contribution < -0.4 is 15.0 Å². The Labute approximate surface area is 184 Å². The van der Waals surface area contributed by atoms with Crippen LogP contribution in [-0.4, -0.2) is 34.1 Å². The standard InChI is InChI=1S/C23H24ClNO6/c1-5-6-12-19(24)17-18(23(29)25(12)2)20(28)16-11(22(17)31-4)8-7-10-15(16)13(26)9-14(27)21(10)30-3/h9,26-28H,5-8H2,1-4H3. The lowest BCUT2D eigenvalue weighted by Gasteiger charge is -2.27. The molecule has 0 spiro atoms. The molecule has 1 aromatic heterocycles. The van der Waals surface area contributed by atoms with E-state index in [0.29, 0.717) is 57.8 Å². The minimum Gasteiger partial charge on any atom is -0.507 e. The molecule has 1 heterocycles. The van der Waals surface area contributed by atoms with Crippen LogP contribution in [0, 0.1) is 0 Å². The molecule has 1 aliphatic carbocycles. The molecular formula is C23H24ClNO6. The second-order valence-electron chi connectivity index (χ2n) is 7.66. The molecule has 31 heavy (non-hydrogen) atoms. The lowest BCUT2D eigenvalue weighted by molar-refractivity contribution is 0.364. The van der Waals surface area contributed by atoms with E-state index in [1.54, 1.807) is 7.05 Å². The molecule has 0 bridgehead atoms. The molecule has 0 fully saturated rings. The van der Waals surface area contributed by atoms with E-state index in [9.17, 15) is 20.1 Å². The zero-order valence-electron chi connectivity index (χ0n) is 17.8. The highest BCUT2D eigenvalue weighted by molar-refractivity contribution is 6.37. The molecule has 0 radical (unpaired) electrons. The molecule has 164 valence electrons. The summed E-state index contributed by atoms with van der Waals surface area (Å²) in [7, 11) is 4.54. The first-order chi connectivity index (χ1) is 14.8. The van der Waals surface area contributed by atoms with Crippen LogP contribution in [0.3, 0.4) is 0 Å². The third-order valence-corrected chi connectivity index (χ3v) is 6.44. The number of nitrogens with zero attached hydrogens (tertiary/aromatic N) is 1. The van der Waals surface area contributed by atoms with E-state index in [0.717, 1.165) is 12.5 Å². The van der Waals surface area contributed by atoms with Crippen LogP contribution in [0.2, 0.25) is 5.02 Å². The van der Waals surface area contributed by atoms with Gasteiger partial charge in [-0.05, 0) is 19.3 Å². The Morgan fingerprint density at radius 2 is 1.61 bits per heavy atom. The van der Waals surface area contributed by atoms with Gasteiger partial charge in [0.15, 0.2) is 11.5 Å². The number of hydrogen-bond acceptors (Lipinski definition) is 6. The predicted molar refractivity (Wildman–Crippen MR) is 119 cm³/mol. The number of rotatable bonds is 4. The first-order valence-electron chi connectivity index (χ1n) is 10.0. The van der Waals surface area contributed by atoms with Gasteiger partial charge in [-0.15, -0.1) is 0 Å². The maximum absolute atomic E-state index is 13.3. The summed E-state index contributed by atoms with van der Waals surface area (Å²) in [4.78, 5) is 13.3. The Kier molecular flexibility index (Phi) is 5.17. The first kappa shape index (κ1) is 21.2. The van der Waals surface area contributed by atoms with Gasteiger partial charge in [-0.25, -0.2) is 0 Å². The fourth-order valence-corrected chi connectivity index (χ4v) is 5.10. The topological polar surface area (TPSA) is 101 Å². The summed E-state index contributed by atoms with van der Waals surface area (Å²) in [6.45, 7) is 2.00. The zero-order valence-corrected chi connectivity index (χ0v) is 18.6. The minimum absolute atomic E-state index is 0.0299. The molecule has 0 saturated heterocycles. The number of benzene rings is 2. The summed E-state index contributed by atoms with van der Waals surface area (Å²) >= 11 is 6.74. The summed E-state index contributed by atoms with van der Waals surface area (Å²) in [5, 5.41) is 33.0. The van der Waals surface area contributed by atoms with Crippen molar-refractivity contribution in [1.82, 2.24) is 4.57 Å². The normalized spacial score (nSPS) is 12.5. The largest absolute Gasteiger partial charge is 0.507 e. The average Bonchev–Trinajstić information content (AvgIpc) is 2.74. The minimum atomic E-state index is -0.404. The van der Waals surface area contributed by atoms with Crippen LogP contribution in [0.1, 0.15) is 30.2 Å². The maximum atomic E-state index is 13.3. The molecule has 2 aromatic carbocycles. The molecule has 0 saturated carbocycles. The number of hydrogen-bond donors (Lipinski definition) is 3. The van der Waals surface area contributed by atoms with Crippen LogP contribution in [0.25, 0.3) is 21.9 Å². The molecule has 3 N–H and O–H groups in total. The number of phenols is 3. The Balaban J connectivity index is 2.24. The summed E-state index contributed by atoms with van der Waals surface area (Å²) < 4.78 is 12.5. The number of aromatic hydroxyl groups is 3. The molecule has 7 nitrogen and oxygen atoms in total. The van der Waals surface area contributed by atoms with E-state index in [1.807, 2.05) is 6.92 Å². The van der Waals surface area contributed by atoms with Crippen LogP contribution in [0.4, 0.5) is 0 Å². The lowest BCUT2D eigenvalue weighted by atomic mass is 9.81. The van der Waals surface area contributed by atoms with Crippen molar-refractivity contribution in [1.29, 1.82) is 0 Å². The van der Waals surface area contributed by atoms with Gasteiger partial charge in [-0.1, -0.05) is 24.9 Å². The highest BCUT2D eigenvalue weighted by Crippen LogP contribution is 2.55. The first-order valence-corrected chi connectivity index (χ1v) is 10.4. The van der Waals surface area contributed by atoms with Gasteiger partial charge in [-0.2, -0.15) is 0 Å². The van der Waals surface area contributed by atoms with Crippen LogP contribution in [-0.2, 0) is 26.3 Å². The van der Waals surface area contributed by atoms with Gasteiger partial charge in [0, 0.05) is 41.1 Å². The van der Waals surface area contributed by atoms with E-state index in [2.05, 4.69) is 0 Å². The number of ether oxygens (including phenoxy) is 2. The number of fused-ring (bicyclic) bond motifs is 4. The van der Waals surface area contributed by atoms with Gasteiger partial charge in [0.25, 0.3) is 5.56 Å². The zero-order chi connectivity index (χ0) is 22.6. The van der Waals surface area contributed by atoms with E-state index >= 15 is 0 Å². The number of aromatic nitrogens is 1. The second-order valence-corrected chi connectivity index (χ2v) is 8.04. The third kappa shape index (κ3) is 2.83. The highest BCUT2D eigenvalue weighted by atomic mass is 35.5. The Morgan fingerprint density at radius 3 is 2.19 bits per heavy atom. The van der Waals surface area contributed by atoms with Crippen molar-refractivity contribution in [2.75, 3.05) is 14.2 Å². The number of methoxy groups -OCH3 is 2. The molecule has 0 unspecified atom stereocenters. The average molecular weight is 446 g/mol. The fraction of sp³-hybridized carbons (Fsp3) is 0.348. The van der Waals surface area contributed by atoms with E-state index in [-0.39, 0.29) is 33.9 Å². The molecule has 8 heteroatoms. The van der Waals surface area contributed by atoms with Crippen LogP contribution >= 0.6 is 11.6 Å². The molecular weight excluding hydrogens is 422 g/mol. The van der Waals surface area contributed by atoms with E-state index in [1.165, 1.54) is 18.8 Å². The van der Waals surface area contributed by atoms with Gasteiger partial charge < -0.3 is 29.4 Å². The van der Waals surface area contributed by atoms with Crippen LogP contribution in [0.15, 0.2) is 10.9 Å². The summed E-state index contributed by atoms with van der Waals surface area (Å²) in [5.41, 5.74) is 2.06. The number of halogens is 1. The van der Waals surface area contributed by atoms with Crippen molar-refractivity contribution in [2.24, 2.45) is 7.05 Å². The maximum Gasteiger partial charge on any atom is 0.262 e. The summed E-state index contributed by atoms with van der Waals surface area (Å²) in [5.74, 6) is -0.0736. The molecule has 4 rings (SSSR count). The fourth-order valence-electron chi connectivity index (χ4n) is 4.70. The monoisotopic (exact) mass is 445 g/mol. The predicted octanol–water partition coefficient (Wildman–Crippen LogP) is 4.04. The molecule has 0 aliphatic heterocycles. The smallest absolute Gasteiger partial charge is 0.262 e. The summed E-state index contributed by atoms with van der Waals surface area (Å²) in [6, 6.07) is 1.16. The highest BCUT2D eigenvalue weighted by Gasteiger charge is 2.33. The number of pyridine rings is 1. The second kappa shape index (κ2) is 7.57. The molecule has 0 amide bonds. The van der Waals surface area contributed by atoms with Gasteiger partial charge in [0.2, 0.25) is 0 Å². The van der Waals surface area contributed by atoms with Crippen molar-refractivity contribution in [2.45, 2.75) is 32.6 Å². The van der Waals surface area contributed by atoms with E-state index < -0.39 is 5.56 Å². The Bertz CT molecular complexity index is 1290. The summed E-state index contributed by atoms with van der Waals surface area (Å²) in [6.07, 6.45) is 2.26. The molecule has 0 atom stereocenters. The van der Waals surface area contributed by atoms with Crippen molar-refractivity contribution >= 4 is 22.4 Å². The van der Waals surface area contributed by atoms with Crippen molar-refractivity contribution < 1.29 is 24.8 Å². The van der Waals surface area contributed by atoms with Gasteiger partial charge >= 0.3 is 0 Å².